The smallest absolute Gasteiger partial charge is 0.169 e. The van der Waals surface area contributed by atoms with Crippen molar-refractivity contribution >= 4 is 21.9 Å². The zero-order valence-corrected chi connectivity index (χ0v) is 27.5. The van der Waals surface area contributed by atoms with Gasteiger partial charge in [-0.05, 0) is 79.5 Å². The number of hydrogen-bond acceptors (Lipinski definition) is 1. The molecule has 1 aliphatic rings. The van der Waals surface area contributed by atoms with Crippen molar-refractivity contribution < 1.29 is 4.79 Å². The second kappa shape index (κ2) is 13.8. The zero-order valence-electron chi connectivity index (χ0n) is 25.5. The molecule has 2 aromatic carbocycles. The molecule has 1 nitrogen and oxygen atoms in total. The molecular weight excluding hydrogens is 505 g/mol. The third-order valence-electron chi connectivity index (χ3n) is 9.97. The Kier molecular flexibility index (Phi) is 11.1. The van der Waals surface area contributed by atoms with E-state index in [0.717, 1.165) is 55.5 Å². The number of ketones is 1. The summed E-state index contributed by atoms with van der Waals surface area (Å²) in [4.78, 5) is 15.2. The van der Waals surface area contributed by atoms with Crippen molar-refractivity contribution in [1.29, 1.82) is 0 Å². The number of carbonyl (C=O) groups is 1. The summed E-state index contributed by atoms with van der Waals surface area (Å²) < 4.78 is 0. The minimum Gasteiger partial charge on any atom is -0.296 e. The third kappa shape index (κ3) is 7.06. The van der Waals surface area contributed by atoms with Crippen molar-refractivity contribution in [2.45, 2.75) is 110 Å². The van der Waals surface area contributed by atoms with Gasteiger partial charge < -0.3 is 0 Å². The minimum atomic E-state index is -1.72. The van der Waals surface area contributed by atoms with Crippen LogP contribution >= 0.6 is 0 Å². The van der Waals surface area contributed by atoms with E-state index in [1.165, 1.54) is 11.1 Å². The lowest BCUT2D eigenvalue weighted by atomic mass is 9.58. The average Bonchev–Trinajstić information content (AvgIpc) is 2.99. The molecule has 0 amide bonds. The highest BCUT2D eigenvalue weighted by molar-refractivity contribution is 6.87. The van der Waals surface area contributed by atoms with E-state index in [2.05, 4.69) is 125 Å². The van der Waals surface area contributed by atoms with Crippen molar-refractivity contribution in [2.24, 2.45) is 10.8 Å². The highest BCUT2D eigenvalue weighted by Crippen LogP contribution is 2.47. The van der Waals surface area contributed by atoms with E-state index >= 15 is 4.79 Å². The van der Waals surface area contributed by atoms with Crippen molar-refractivity contribution in [2.75, 3.05) is 0 Å². The first-order valence-electron chi connectivity index (χ1n) is 15.5. The Balaban J connectivity index is 2.23. The molecule has 0 spiro atoms. The fourth-order valence-electron chi connectivity index (χ4n) is 6.46. The van der Waals surface area contributed by atoms with E-state index < -0.39 is 27.0 Å². The van der Waals surface area contributed by atoms with Gasteiger partial charge in [0.1, 0.15) is 16.1 Å². The molecule has 3 rings (SSSR count). The molecule has 0 N–H and O–H groups in total. The van der Waals surface area contributed by atoms with Crippen molar-refractivity contribution in [3.8, 4) is 22.9 Å². The van der Waals surface area contributed by atoms with Gasteiger partial charge >= 0.3 is 0 Å². The van der Waals surface area contributed by atoms with Crippen LogP contribution in [0.4, 0.5) is 0 Å². The summed E-state index contributed by atoms with van der Waals surface area (Å²) in [5.41, 5.74) is 8.83. The Morgan fingerprint density at radius 3 is 1.23 bits per heavy atom. The summed E-state index contributed by atoms with van der Waals surface area (Å²) in [5, 5.41) is 0. The maximum Gasteiger partial charge on any atom is 0.169 e. The molecular formula is C36H50OSi2. The van der Waals surface area contributed by atoms with Gasteiger partial charge in [0.2, 0.25) is 0 Å². The average molecular weight is 555 g/mol. The molecule has 208 valence electrons. The van der Waals surface area contributed by atoms with Gasteiger partial charge in [-0.15, -0.1) is 11.1 Å². The van der Waals surface area contributed by atoms with E-state index in [1.807, 2.05) is 0 Å². The van der Waals surface area contributed by atoms with Crippen LogP contribution in [0.3, 0.4) is 0 Å². The van der Waals surface area contributed by atoms with Crippen LogP contribution in [0.2, 0.25) is 36.3 Å². The Bertz CT molecular complexity index is 1080. The quantitative estimate of drug-likeness (QED) is 0.211. The number of rotatable bonds is 10. The SMILES string of the molecule is CC[Si](C#C[C@]1(Cc2ccccc2)CCC[C@](C#C[Si](CC)(CC)CC)(Cc2ccccc2)C1=O)(CC)CC. The largest absolute Gasteiger partial charge is 0.296 e. The van der Waals surface area contributed by atoms with Gasteiger partial charge in [-0.25, -0.2) is 0 Å². The van der Waals surface area contributed by atoms with Crippen molar-refractivity contribution in [3.63, 3.8) is 0 Å². The Hall–Kier alpha value is -2.34. The maximum atomic E-state index is 15.2. The van der Waals surface area contributed by atoms with Gasteiger partial charge in [0, 0.05) is 0 Å². The predicted octanol–water partition coefficient (Wildman–Crippen LogP) is 9.30. The van der Waals surface area contributed by atoms with Crippen molar-refractivity contribution in [1.82, 2.24) is 0 Å². The van der Waals surface area contributed by atoms with Gasteiger partial charge in [-0.2, -0.15) is 0 Å². The topological polar surface area (TPSA) is 17.1 Å². The van der Waals surface area contributed by atoms with Gasteiger partial charge in [0.15, 0.2) is 5.78 Å². The van der Waals surface area contributed by atoms with Gasteiger partial charge in [-0.3, -0.25) is 4.79 Å². The Labute approximate surface area is 241 Å². The predicted molar refractivity (Wildman–Crippen MR) is 174 cm³/mol. The fraction of sp³-hybridized carbons (Fsp3) is 0.528. The van der Waals surface area contributed by atoms with Crippen LogP contribution in [0.15, 0.2) is 60.7 Å². The molecule has 2 atom stereocenters. The van der Waals surface area contributed by atoms with Crippen LogP contribution in [0.5, 0.6) is 0 Å². The first kappa shape index (κ1) is 31.2. The summed E-state index contributed by atoms with van der Waals surface area (Å²) in [6, 6.07) is 28.0. The molecule has 0 radical (unpaired) electrons. The Morgan fingerprint density at radius 2 is 0.923 bits per heavy atom. The van der Waals surface area contributed by atoms with Crippen LogP contribution in [0, 0.1) is 33.8 Å². The van der Waals surface area contributed by atoms with Crippen LogP contribution in [0.1, 0.15) is 71.9 Å². The number of hydrogen-bond donors (Lipinski definition) is 0. The summed E-state index contributed by atoms with van der Waals surface area (Å²) >= 11 is 0. The molecule has 1 saturated carbocycles. The number of Topliss-reactive ketones (excluding diaryl/α,β-unsaturated/α-hetero) is 1. The van der Waals surface area contributed by atoms with Crippen molar-refractivity contribution in [3.05, 3.63) is 71.8 Å². The van der Waals surface area contributed by atoms with E-state index in [1.54, 1.807) is 0 Å². The first-order chi connectivity index (χ1) is 18.8. The number of benzene rings is 2. The van der Waals surface area contributed by atoms with E-state index in [0.29, 0.717) is 18.6 Å². The summed E-state index contributed by atoms with van der Waals surface area (Å²) in [6.45, 7) is 13.8. The molecule has 2 aromatic rings. The molecule has 0 bridgehead atoms. The first-order valence-corrected chi connectivity index (χ1v) is 20.8. The van der Waals surface area contributed by atoms with Gasteiger partial charge in [-0.1, -0.05) is 114 Å². The molecule has 39 heavy (non-hydrogen) atoms. The van der Waals surface area contributed by atoms with Crippen LogP contribution < -0.4 is 0 Å². The van der Waals surface area contributed by atoms with Gasteiger partial charge in [0.05, 0.1) is 10.8 Å². The molecule has 1 aliphatic carbocycles. The third-order valence-corrected chi connectivity index (χ3v) is 19.4. The summed E-state index contributed by atoms with van der Waals surface area (Å²) in [5.74, 6) is 7.92. The molecule has 0 aliphatic heterocycles. The van der Waals surface area contributed by atoms with Gasteiger partial charge in [0.25, 0.3) is 0 Å². The standard InChI is InChI=1S/C36H50OSi2/c1-7-38(8-2,9-3)28-26-35(30-32-20-15-13-16-21-32)24-19-25-36(34(35)37,31-33-22-17-14-18-23-33)27-29-39(10-4,11-5)12-6/h13-18,20-23H,7-12,19,24-25,30-31H2,1-6H3/t35-,36-/m0/s1. The normalized spacial score (nSPS) is 21.4. The molecule has 3 heteroatoms. The van der Waals surface area contributed by atoms with E-state index in [4.69, 9.17) is 0 Å². The second-order valence-corrected chi connectivity index (χ2v) is 21.7. The minimum absolute atomic E-state index is 0.298. The van der Waals surface area contributed by atoms with Crippen LogP contribution in [-0.2, 0) is 17.6 Å². The van der Waals surface area contributed by atoms with E-state index in [9.17, 15) is 0 Å². The highest BCUT2D eigenvalue weighted by Gasteiger charge is 2.52. The van der Waals surface area contributed by atoms with Crippen LogP contribution in [0.25, 0.3) is 0 Å². The zero-order chi connectivity index (χ0) is 28.4. The summed E-state index contributed by atoms with van der Waals surface area (Å²) in [7, 11) is -3.45. The molecule has 0 heterocycles. The maximum absolute atomic E-state index is 15.2. The van der Waals surface area contributed by atoms with E-state index in [-0.39, 0.29) is 0 Å². The molecule has 0 unspecified atom stereocenters. The van der Waals surface area contributed by atoms with Crippen LogP contribution in [-0.4, -0.2) is 21.9 Å². The molecule has 1 fully saturated rings. The second-order valence-electron chi connectivity index (χ2n) is 11.9. The monoisotopic (exact) mass is 554 g/mol. The lowest BCUT2D eigenvalue weighted by molar-refractivity contribution is -0.136. The Morgan fingerprint density at radius 1 is 0.590 bits per heavy atom. The lowest BCUT2D eigenvalue weighted by Crippen LogP contribution is -2.49. The fourth-order valence-corrected chi connectivity index (χ4v) is 11.5. The molecule has 0 saturated heterocycles. The number of carbonyl (C=O) groups excluding carboxylic acids is 1. The molecule has 0 aromatic heterocycles. The lowest BCUT2D eigenvalue weighted by Gasteiger charge is -2.42. The summed E-state index contributed by atoms with van der Waals surface area (Å²) in [6.07, 6.45) is 4.05. The highest BCUT2D eigenvalue weighted by atomic mass is 28.3.